The molecule has 1 nitrogen and oxygen atoms in total. The van der Waals surface area contributed by atoms with Gasteiger partial charge in [-0.2, -0.15) is 0 Å². The molecule has 2 aromatic carbocycles. The number of para-hydroxylation sites is 1. The summed E-state index contributed by atoms with van der Waals surface area (Å²) in [5.41, 5.74) is 2.54. The Morgan fingerprint density at radius 3 is 2.53 bits per heavy atom. The molecular formula is C17H14IN. The summed E-state index contributed by atoms with van der Waals surface area (Å²) in [7, 11) is 0. The van der Waals surface area contributed by atoms with Crippen LogP contribution in [0.15, 0.2) is 66.7 Å². The first-order valence-electron chi connectivity index (χ1n) is 6.30. The van der Waals surface area contributed by atoms with Gasteiger partial charge in [-0.05, 0) is 40.3 Å². The minimum absolute atomic E-state index is 0.903. The maximum absolute atomic E-state index is 2.40. The molecule has 0 spiro atoms. The Balaban J connectivity index is 1.86. The van der Waals surface area contributed by atoms with Gasteiger partial charge in [-0.1, -0.05) is 60.7 Å². The zero-order valence-electron chi connectivity index (χ0n) is 10.5. The average Bonchev–Trinajstić information content (AvgIpc) is 2.76. The summed E-state index contributed by atoms with van der Waals surface area (Å²) in [4.78, 5) is 0. The standard InChI is InChI=1S/C17H14IN/c18-17-13-15-10-4-5-11-16(15)19(17)12-6-9-14-7-2-1-3-8-14/h1-11,13H,12H2/b9-6+. The van der Waals surface area contributed by atoms with Crippen molar-refractivity contribution >= 4 is 39.6 Å². The summed E-state index contributed by atoms with van der Waals surface area (Å²) in [5.74, 6) is 0. The van der Waals surface area contributed by atoms with E-state index in [9.17, 15) is 0 Å². The molecular weight excluding hydrogens is 345 g/mol. The zero-order chi connectivity index (χ0) is 13.1. The summed E-state index contributed by atoms with van der Waals surface area (Å²) < 4.78 is 3.60. The van der Waals surface area contributed by atoms with E-state index in [1.165, 1.54) is 20.2 Å². The molecule has 2 heteroatoms. The van der Waals surface area contributed by atoms with Crippen molar-refractivity contribution in [2.45, 2.75) is 6.54 Å². The second-order valence-electron chi connectivity index (χ2n) is 4.45. The first-order chi connectivity index (χ1) is 9.34. The van der Waals surface area contributed by atoms with Crippen molar-refractivity contribution in [1.82, 2.24) is 4.57 Å². The Hall–Kier alpha value is -1.55. The zero-order valence-corrected chi connectivity index (χ0v) is 12.6. The smallest absolute Gasteiger partial charge is 0.0812 e. The molecule has 94 valence electrons. The predicted octanol–water partition coefficient (Wildman–Crippen LogP) is 4.96. The third kappa shape index (κ3) is 2.73. The molecule has 0 saturated carbocycles. The SMILES string of the molecule is Ic1cc2ccccc2n1C/C=C/c1ccccc1. The Labute approximate surface area is 126 Å². The van der Waals surface area contributed by atoms with Crippen molar-refractivity contribution in [1.29, 1.82) is 0 Å². The van der Waals surface area contributed by atoms with Gasteiger partial charge in [-0.3, -0.25) is 0 Å². The van der Waals surface area contributed by atoms with Gasteiger partial charge in [0.2, 0.25) is 0 Å². The largest absolute Gasteiger partial charge is 0.332 e. The molecule has 0 aliphatic carbocycles. The van der Waals surface area contributed by atoms with Crippen LogP contribution >= 0.6 is 22.6 Å². The van der Waals surface area contributed by atoms with E-state index in [0.29, 0.717) is 0 Å². The lowest BCUT2D eigenvalue weighted by atomic mass is 10.2. The minimum atomic E-state index is 0.903. The molecule has 0 bridgehead atoms. The van der Waals surface area contributed by atoms with Crippen molar-refractivity contribution in [2.24, 2.45) is 0 Å². The number of nitrogens with zero attached hydrogens (tertiary/aromatic N) is 1. The van der Waals surface area contributed by atoms with Gasteiger partial charge in [0.1, 0.15) is 0 Å². The van der Waals surface area contributed by atoms with Gasteiger partial charge in [0, 0.05) is 17.4 Å². The summed E-state index contributed by atoms with van der Waals surface area (Å²) in [5, 5.41) is 1.31. The molecule has 0 fully saturated rings. The fourth-order valence-electron chi connectivity index (χ4n) is 2.22. The topological polar surface area (TPSA) is 4.93 Å². The maximum Gasteiger partial charge on any atom is 0.0812 e. The summed E-state index contributed by atoms with van der Waals surface area (Å²) in [6, 6.07) is 21.2. The Kier molecular flexibility index (Phi) is 3.69. The summed E-state index contributed by atoms with van der Waals surface area (Å²) >= 11 is 2.40. The van der Waals surface area contributed by atoms with Crippen LogP contribution in [0.2, 0.25) is 0 Å². The third-order valence-corrected chi connectivity index (χ3v) is 4.05. The quantitative estimate of drug-likeness (QED) is 0.583. The Morgan fingerprint density at radius 2 is 1.68 bits per heavy atom. The second-order valence-corrected chi connectivity index (χ2v) is 5.55. The molecule has 0 aliphatic rings. The molecule has 3 rings (SSSR count). The molecule has 0 saturated heterocycles. The number of benzene rings is 2. The molecule has 0 radical (unpaired) electrons. The van der Waals surface area contributed by atoms with Crippen molar-refractivity contribution in [3.05, 3.63) is 76.0 Å². The van der Waals surface area contributed by atoms with Gasteiger partial charge in [0.15, 0.2) is 0 Å². The number of allylic oxidation sites excluding steroid dienone is 1. The predicted molar refractivity (Wildman–Crippen MR) is 90.1 cm³/mol. The lowest BCUT2D eigenvalue weighted by Gasteiger charge is -2.03. The number of fused-ring (bicyclic) bond motifs is 1. The van der Waals surface area contributed by atoms with E-state index in [1.807, 2.05) is 6.07 Å². The van der Waals surface area contributed by atoms with Crippen LogP contribution in [0, 0.1) is 3.70 Å². The van der Waals surface area contributed by atoms with E-state index in [0.717, 1.165) is 6.54 Å². The molecule has 1 heterocycles. The fraction of sp³-hybridized carbons (Fsp3) is 0.0588. The van der Waals surface area contributed by atoms with Crippen LogP contribution in [0.5, 0.6) is 0 Å². The third-order valence-electron chi connectivity index (χ3n) is 3.16. The van der Waals surface area contributed by atoms with E-state index in [4.69, 9.17) is 0 Å². The van der Waals surface area contributed by atoms with Crippen molar-refractivity contribution < 1.29 is 0 Å². The normalized spacial score (nSPS) is 11.4. The highest BCUT2D eigenvalue weighted by molar-refractivity contribution is 14.1. The van der Waals surface area contributed by atoms with Crippen LogP contribution in [-0.4, -0.2) is 4.57 Å². The monoisotopic (exact) mass is 359 g/mol. The molecule has 0 atom stereocenters. The van der Waals surface area contributed by atoms with Crippen LogP contribution in [0.4, 0.5) is 0 Å². The molecule has 1 aromatic heterocycles. The number of aromatic nitrogens is 1. The van der Waals surface area contributed by atoms with Crippen LogP contribution in [-0.2, 0) is 6.54 Å². The van der Waals surface area contributed by atoms with Gasteiger partial charge in [-0.15, -0.1) is 0 Å². The Morgan fingerprint density at radius 1 is 0.947 bits per heavy atom. The lowest BCUT2D eigenvalue weighted by Crippen LogP contribution is -1.96. The number of halogens is 1. The highest BCUT2D eigenvalue weighted by Crippen LogP contribution is 2.21. The molecule has 3 aromatic rings. The second kappa shape index (κ2) is 5.61. The van der Waals surface area contributed by atoms with Gasteiger partial charge < -0.3 is 4.57 Å². The first kappa shape index (κ1) is 12.5. The van der Waals surface area contributed by atoms with Gasteiger partial charge in [0.05, 0.1) is 3.70 Å². The van der Waals surface area contributed by atoms with Gasteiger partial charge in [-0.25, -0.2) is 0 Å². The minimum Gasteiger partial charge on any atom is -0.332 e. The van der Waals surface area contributed by atoms with Crippen LogP contribution < -0.4 is 0 Å². The van der Waals surface area contributed by atoms with Crippen LogP contribution in [0.1, 0.15) is 5.56 Å². The van der Waals surface area contributed by atoms with E-state index >= 15 is 0 Å². The van der Waals surface area contributed by atoms with E-state index < -0.39 is 0 Å². The molecule has 0 aliphatic heterocycles. The van der Waals surface area contributed by atoms with Crippen molar-refractivity contribution in [3.63, 3.8) is 0 Å². The fourth-order valence-corrected chi connectivity index (χ4v) is 3.01. The van der Waals surface area contributed by atoms with Crippen LogP contribution in [0.3, 0.4) is 0 Å². The molecule has 0 amide bonds. The number of rotatable bonds is 3. The maximum atomic E-state index is 2.40. The first-order valence-corrected chi connectivity index (χ1v) is 7.38. The average molecular weight is 359 g/mol. The van der Waals surface area contributed by atoms with E-state index in [2.05, 4.69) is 93.9 Å². The van der Waals surface area contributed by atoms with Gasteiger partial charge >= 0.3 is 0 Å². The van der Waals surface area contributed by atoms with Crippen molar-refractivity contribution in [2.75, 3.05) is 0 Å². The summed E-state index contributed by atoms with van der Waals surface area (Å²) in [6.45, 7) is 0.903. The molecule has 0 unspecified atom stereocenters. The van der Waals surface area contributed by atoms with E-state index in [1.54, 1.807) is 0 Å². The molecule has 0 N–H and O–H groups in total. The highest BCUT2D eigenvalue weighted by Gasteiger charge is 2.03. The van der Waals surface area contributed by atoms with Gasteiger partial charge in [0.25, 0.3) is 0 Å². The Bertz CT molecular complexity index is 710. The highest BCUT2D eigenvalue weighted by atomic mass is 127. The number of hydrogen-bond acceptors (Lipinski definition) is 0. The molecule has 19 heavy (non-hydrogen) atoms. The van der Waals surface area contributed by atoms with Crippen molar-refractivity contribution in [3.8, 4) is 0 Å². The van der Waals surface area contributed by atoms with E-state index in [-0.39, 0.29) is 0 Å². The lowest BCUT2D eigenvalue weighted by molar-refractivity contribution is 0.842. The van der Waals surface area contributed by atoms with Crippen LogP contribution in [0.25, 0.3) is 17.0 Å². The summed E-state index contributed by atoms with van der Waals surface area (Å²) in [6.07, 6.45) is 4.38. The number of hydrogen-bond donors (Lipinski definition) is 0.